The minimum Gasteiger partial charge on any atom is -0.378 e. The van der Waals surface area contributed by atoms with Crippen molar-refractivity contribution in [3.8, 4) is 0 Å². The van der Waals surface area contributed by atoms with Gasteiger partial charge in [0.05, 0.1) is 13.2 Å². The first-order valence-electron chi connectivity index (χ1n) is 7.37. The van der Waals surface area contributed by atoms with Gasteiger partial charge in [0.15, 0.2) is 0 Å². The van der Waals surface area contributed by atoms with Crippen molar-refractivity contribution in [3.05, 3.63) is 46.6 Å². The van der Waals surface area contributed by atoms with E-state index >= 15 is 0 Å². The van der Waals surface area contributed by atoms with Crippen LogP contribution in [-0.4, -0.2) is 36.3 Å². The SMILES string of the molecule is Cc1cc(NCc2ccc(Cl)cc2)nc(N2CCOCC2)n1. The zero-order valence-electron chi connectivity index (χ0n) is 12.6. The molecule has 0 spiro atoms. The van der Waals surface area contributed by atoms with Gasteiger partial charge in [-0.05, 0) is 24.6 Å². The minimum atomic E-state index is 0.705. The predicted molar refractivity (Wildman–Crippen MR) is 88.6 cm³/mol. The van der Waals surface area contributed by atoms with Crippen molar-refractivity contribution in [2.45, 2.75) is 13.5 Å². The summed E-state index contributed by atoms with van der Waals surface area (Å²) >= 11 is 5.90. The highest BCUT2D eigenvalue weighted by molar-refractivity contribution is 6.30. The molecule has 1 aromatic carbocycles. The highest BCUT2D eigenvalue weighted by atomic mass is 35.5. The Morgan fingerprint density at radius 3 is 2.64 bits per heavy atom. The van der Waals surface area contributed by atoms with E-state index in [1.54, 1.807) is 0 Å². The Balaban J connectivity index is 1.70. The van der Waals surface area contributed by atoms with Gasteiger partial charge >= 0.3 is 0 Å². The number of rotatable bonds is 4. The first-order chi connectivity index (χ1) is 10.7. The number of halogens is 1. The van der Waals surface area contributed by atoms with Gasteiger partial charge in [0, 0.05) is 36.4 Å². The monoisotopic (exact) mass is 318 g/mol. The molecule has 0 atom stereocenters. The van der Waals surface area contributed by atoms with Gasteiger partial charge in [-0.2, -0.15) is 4.98 Å². The average Bonchev–Trinajstić information content (AvgIpc) is 2.55. The van der Waals surface area contributed by atoms with E-state index in [1.165, 1.54) is 0 Å². The van der Waals surface area contributed by atoms with Crippen molar-refractivity contribution < 1.29 is 4.74 Å². The third kappa shape index (κ3) is 3.87. The lowest BCUT2D eigenvalue weighted by atomic mass is 10.2. The lowest BCUT2D eigenvalue weighted by Gasteiger charge is -2.27. The molecule has 2 aromatic rings. The number of hydrogen-bond donors (Lipinski definition) is 1. The molecule has 5 nitrogen and oxygen atoms in total. The van der Waals surface area contributed by atoms with Crippen molar-refractivity contribution in [1.29, 1.82) is 0 Å². The Morgan fingerprint density at radius 1 is 1.18 bits per heavy atom. The van der Waals surface area contributed by atoms with Gasteiger partial charge < -0.3 is 15.0 Å². The van der Waals surface area contributed by atoms with Crippen molar-refractivity contribution in [2.24, 2.45) is 0 Å². The smallest absolute Gasteiger partial charge is 0.227 e. The van der Waals surface area contributed by atoms with Gasteiger partial charge in [-0.25, -0.2) is 4.98 Å². The van der Waals surface area contributed by atoms with E-state index in [-0.39, 0.29) is 0 Å². The predicted octanol–water partition coefficient (Wildman–Crippen LogP) is 2.89. The van der Waals surface area contributed by atoms with E-state index in [0.717, 1.165) is 54.3 Å². The lowest BCUT2D eigenvalue weighted by molar-refractivity contribution is 0.122. The van der Waals surface area contributed by atoms with Gasteiger partial charge in [-0.1, -0.05) is 23.7 Å². The van der Waals surface area contributed by atoms with Crippen LogP contribution in [0.4, 0.5) is 11.8 Å². The molecule has 0 radical (unpaired) electrons. The molecule has 1 fully saturated rings. The third-order valence-corrected chi connectivity index (χ3v) is 3.78. The number of ether oxygens (including phenoxy) is 1. The van der Waals surface area contributed by atoms with Crippen LogP contribution in [0.5, 0.6) is 0 Å². The fourth-order valence-corrected chi connectivity index (χ4v) is 2.47. The highest BCUT2D eigenvalue weighted by Gasteiger charge is 2.14. The second kappa shape index (κ2) is 6.94. The van der Waals surface area contributed by atoms with E-state index in [4.69, 9.17) is 16.3 Å². The fourth-order valence-electron chi connectivity index (χ4n) is 2.34. The van der Waals surface area contributed by atoms with Crippen LogP contribution in [0, 0.1) is 6.92 Å². The molecule has 0 bridgehead atoms. The Hall–Kier alpha value is -1.85. The molecule has 0 aliphatic carbocycles. The largest absolute Gasteiger partial charge is 0.378 e. The van der Waals surface area contributed by atoms with Crippen molar-refractivity contribution >= 4 is 23.4 Å². The maximum absolute atomic E-state index is 5.90. The van der Waals surface area contributed by atoms with Gasteiger partial charge in [-0.3, -0.25) is 0 Å². The van der Waals surface area contributed by atoms with Gasteiger partial charge in [0.2, 0.25) is 5.95 Å². The van der Waals surface area contributed by atoms with Crippen LogP contribution in [-0.2, 0) is 11.3 Å². The van der Waals surface area contributed by atoms with Crippen LogP contribution in [0.15, 0.2) is 30.3 Å². The molecule has 6 heteroatoms. The average molecular weight is 319 g/mol. The molecule has 1 N–H and O–H groups in total. The number of benzene rings is 1. The molecule has 1 aliphatic rings. The summed E-state index contributed by atoms with van der Waals surface area (Å²) in [6.07, 6.45) is 0. The second-order valence-corrected chi connectivity index (χ2v) is 5.71. The molecule has 3 rings (SSSR count). The number of aromatic nitrogens is 2. The van der Waals surface area contributed by atoms with Crippen LogP contribution in [0.1, 0.15) is 11.3 Å². The summed E-state index contributed by atoms with van der Waals surface area (Å²) in [6, 6.07) is 9.75. The van der Waals surface area contributed by atoms with Crippen molar-refractivity contribution in [3.63, 3.8) is 0 Å². The summed E-state index contributed by atoms with van der Waals surface area (Å²) in [5.41, 5.74) is 2.11. The van der Waals surface area contributed by atoms with Gasteiger partial charge in [0.25, 0.3) is 0 Å². The van der Waals surface area contributed by atoms with Crippen LogP contribution in [0.2, 0.25) is 5.02 Å². The number of anilines is 2. The molecule has 22 heavy (non-hydrogen) atoms. The fraction of sp³-hybridized carbons (Fsp3) is 0.375. The third-order valence-electron chi connectivity index (χ3n) is 3.52. The Bertz CT molecular complexity index is 627. The normalized spacial score (nSPS) is 14.9. The number of hydrogen-bond acceptors (Lipinski definition) is 5. The number of nitrogens with zero attached hydrogens (tertiary/aromatic N) is 3. The number of aryl methyl sites for hydroxylation is 1. The Kier molecular flexibility index (Phi) is 4.75. The molecular formula is C16H19ClN4O. The standard InChI is InChI=1S/C16H19ClN4O/c1-12-10-15(18-11-13-2-4-14(17)5-3-13)20-16(19-12)21-6-8-22-9-7-21/h2-5,10H,6-9,11H2,1H3,(H,18,19,20). The van der Waals surface area contributed by atoms with Crippen LogP contribution in [0.25, 0.3) is 0 Å². The quantitative estimate of drug-likeness (QED) is 0.939. The van der Waals surface area contributed by atoms with Gasteiger partial charge in [-0.15, -0.1) is 0 Å². The first kappa shape index (κ1) is 15.1. The number of nitrogens with one attached hydrogen (secondary N) is 1. The van der Waals surface area contributed by atoms with Crippen LogP contribution in [0.3, 0.4) is 0 Å². The zero-order chi connectivity index (χ0) is 15.4. The summed E-state index contributed by atoms with van der Waals surface area (Å²) in [5.74, 6) is 1.60. The van der Waals surface area contributed by atoms with Crippen LogP contribution >= 0.6 is 11.6 Å². The topological polar surface area (TPSA) is 50.3 Å². The van der Waals surface area contributed by atoms with Crippen LogP contribution < -0.4 is 10.2 Å². The molecule has 1 aromatic heterocycles. The van der Waals surface area contributed by atoms with E-state index < -0.39 is 0 Å². The summed E-state index contributed by atoms with van der Waals surface area (Å²) in [5, 5.41) is 4.10. The lowest BCUT2D eigenvalue weighted by Crippen LogP contribution is -2.37. The summed E-state index contributed by atoms with van der Waals surface area (Å²) < 4.78 is 5.37. The first-order valence-corrected chi connectivity index (χ1v) is 7.75. The second-order valence-electron chi connectivity index (χ2n) is 5.27. The molecule has 2 heterocycles. The summed E-state index contributed by atoms with van der Waals surface area (Å²) in [7, 11) is 0. The molecule has 0 unspecified atom stereocenters. The zero-order valence-corrected chi connectivity index (χ0v) is 13.3. The summed E-state index contributed by atoms with van der Waals surface area (Å²) in [6.45, 7) is 5.81. The molecular weight excluding hydrogens is 300 g/mol. The van der Waals surface area contributed by atoms with Gasteiger partial charge in [0.1, 0.15) is 5.82 Å². The Morgan fingerprint density at radius 2 is 1.91 bits per heavy atom. The maximum atomic E-state index is 5.90. The minimum absolute atomic E-state index is 0.705. The van der Waals surface area contributed by atoms with Crippen molar-refractivity contribution in [2.75, 3.05) is 36.5 Å². The van der Waals surface area contributed by atoms with E-state index in [1.807, 2.05) is 37.3 Å². The van der Waals surface area contributed by atoms with E-state index in [0.29, 0.717) is 6.54 Å². The molecule has 1 saturated heterocycles. The molecule has 0 amide bonds. The number of morpholine rings is 1. The molecule has 0 saturated carbocycles. The van der Waals surface area contributed by atoms with Crippen molar-refractivity contribution in [1.82, 2.24) is 9.97 Å². The molecule has 116 valence electrons. The molecule has 1 aliphatic heterocycles. The maximum Gasteiger partial charge on any atom is 0.227 e. The highest BCUT2D eigenvalue weighted by Crippen LogP contribution is 2.16. The van der Waals surface area contributed by atoms with E-state index in [2.05, 4.69) is 20.2 Å². The van der Waals surface area contributed by atoms with E-state index in [9.17, 15) is 0 Å². The Labute approximate surface area is 135 Å². The summed E-state index contributed by atoms with van der Waals surface area (Å²) in [4.78, 5) is 11.3.